The summed E-state index contributed by atoms with van der Waals surface area (Å²) in [5.74, 6) is -0.606. The van der Waals surface area contributed by atoms with Gasteiger partial charge < -0.3 is 9.84 Å². The number of carboxylic acids is 1. The number of aromatic nitrogens is 4. The summed E-state index contributed by atoms with van der Waals surface area (Å²) >= 11 is 0. The van der Waals surface area contributed by atoms with Crippen molar-refractivity contribution in [3.63, 3.8) is 0 Å². The van der Waals surface area contributed by atoms with Crippen molar-refractivity contribution < 1.29 is 14.6 Å². The highest BCUT2D eigenvalue weighted by molar-refractivity contribution is 6.03. The largest absolute Gasteiger partial charge is 0.488 e. The number of hydrogen-bond acceptors (Lipinski definition) is 4. The second kappa shape index (κ2) is 6.12. The van der Waals surface area contributed by atoms with Crippen LogP contribution in [0.2, 0.25) is 0 Å². The summed E-state index contributed by atoms with van der Waals surface area (Å²) in [6.45, 7) is 0.322. The van der Waals surface area contributed by atoms with Crippen molar-refractivity contribution in [1.29, 1.82) is 0 Å². The van der Waals surface area contributed by atoms with E-state index < -0.39 is 5.97 Å². The number of ether oxygens (including phenoxy) is 1. The molecule has 0 bridgehead atoms. The number of benzene rings is 2. The fourth-order valence-corrected chi connectivity index (χ4v) is 2.64. The van der Waals surface area contributed by atoms with Crippen molar-refractivity contribution >= 4 is 16.9 Å². The van der Waals surface area contributed by atoms with Gasteiger partial charge in [-0.15, -0.1) is 0 Å². The van der Waals surface area contributed by atoms with Crippen molar-refractivity contribution in [3.8, 4) is 11.4 Å². The molecule has 25 heavy (non-hydrogen) atoms. The van der Waals surface area contributed by atoms with Crippen LogP contribution in [0.25, 0.3) is 16.6 Å². The predicted molar refractivity (Wildman–Crippen MR) is 90.9 cm³/mol. The molecule has 4 rings (SSSR count). The smallest absolute Gasteiger partial charge is 0.357 e. The number of aromatic carboxylic acids is 1. The molecule has 0 spiro atoms. The number of carbonyl (C=O) groups is 1. The summed E-state index contributed by atoms with van der Waals surface area (Å²) in [6, 6.07) is 15.0. The van der Waals surface area contributed by atoms with Crippen molar-refractivity contribution in [1.82, 2.24) is 20.0 Å². The summed E-state index contributed by atoms with van der Waals surface area (Å²) in [5, 5.41) is 20.5. The van der Waals surface area contributed by atoms with Gasteiger partial charge in [0.25, 0.3) is 0 Å². The van der Waals surface area contributed by atoms with E-state index in [1.54, 1.807) is 29.1 Å². The highest BCUT2D eigenvalue weighted by atomic mass is 16.5. The first-order chi connectivity index (χ1) is 12.2. The summed E-state index contributed by atoms with van der Waals surface area (Å²) in [6.07, 6.45) is 3.60. The summed E-state index contributed by atoms with van der Waals surface area (Å²) in [5.41, 5.74) is 2.51. The topological polar surface area (TPSA) is 93.0 Å². The molecule has 0 unspecified atom stereocenters. The van der Waals surface area contributed by atoms with Gasteiger partial charge in [0.05, 0.1) is 16.6 Å². The average Bonchev–Trinajstić information content (AvgIpc) is 3.30. The molecule has 2 N–H and O–H groups in total. The van der Waals surface area contributed by atoms with Gasteiger partial charge in [-0.2, -0.15) is 10.2 Å². The van der Waals surface area contributed by atoms with E-state index in [1.165, 1.54) is 0 Å². The number of aromatic amines is 1. The molecule has 0 fully saturated rings. The van der Waals surface area contributed by atoms with Crippen molar-refractivity contribution in [2.75, 3.05) is 0 Å². The predicted octanol–water partition coefficient (Wildman–Crippen LogP) is 3.03. The molecule has 2 aromatic carbocycles. The first kappa shape index (κ1) is 14.9. The standard InChI is InChI=1S/C18H14N4O3/c23-18(24)17-16-14(20-21-17)3-1-4-15(16)25-11-12-5-7-13(8-6-12)22-10-2-9-19-22/h1-10H,11H2,(H,20,21)(H,23,24). The molecule has 2 heterocycles. The Labute approximate surface area is 142 Å². The van der Waals surface area contributed by atoms with Crippen LogP contribution in [0.3, 0.4) is 0 Å². The zero-order chi connectivity index (χ0) is 17.2. The van der Waals surface area contributed by atoms with E-state index in [0.717, 1.165) is 11.3 Å². The summed E-state index contributed by atoms with van der Waals surface area (Å²) < 4.78 is 7.61. The number of H-pyrrole nitrogens is 1. The Hall–Kier alpha value is -3.61. The molecule has 0 amide bonds. The van der Waals surface area contributed by atoms with Crippen LogP contribution >= 0.6 is 0 Å². The number of hydrogen-bond donors (Lipinski definition) is 2. The Kier molecular flexibility index (Phi) is 3.66. The lowest BCUT2D eigenvalue weighted by Crippen LogP contribution is -2.00. The number of fused-ring (bicyclic) bond motifs is 1. The Bertz CT molecular complexity index is 1020. The van der Waals surface area contributed by atoms with Crippen molar-refractivity contribution in [2.45, 2.75) is 6.61 Å². The third-order valence-corrected chi connectivity index (χ3v) is 3.85. The lowest BCUT2D eigenvalue weighted by Gasteiger charge is -2.09. The number of nitrogens with zero attached hydrogens (tertiary/aromatic N) is 3. The lowest BCUT2D eigenvalue weighted by molar-refractivity contribution is 0.0692. The van der Waals surface area contributed by atoms with Gasteiger partial charge >= 0.3 is 5.97 Å². The van der Waals surface area contributed by atoms with Gasteiger partial charge in [0.1, 0.15) is 12.4 Å². The maximum absolute atomic E-state index is 11.3. The van der Waals surface area contributed by atoms with E-state index in [9.17, 15) is 9.90 Å². The van der Waals surface area contributed by atoms with E-state index in [2.05, 4.69) is 15.3 Å². The van der Waals surface area contributed by atoms with E-state index in [-0.39, 0.29) is 5.69 Å². The van der Waals surface area contributed by atoms with Gasteiger partial charge in [0.2, 0.25) is 0 Å². The van der Waals surface area contributed by atoms with Gasteiger partial charge in [-0.05, 0) is 35.9 Å². The molecule has 0 saturated carbocycles. The second-order valence-corrected chi connectivity index (χ2v) is 5.46. The molecule has 124 valence electrons. The molecule has 7 nitrogen and oxygen atoms in total. The highest BCUT2D eigenvalue weighted by Gasteiger charge is 2.16. The maximum atomic E-state index is 11.3. The molecule has 0 aliphatic heterocycles. The van der Waals surface area contributed by atoms with Gasteiger partial charge in [-0.25, -0.2) is 9.48 Å². The Morgan fingerprint density at radius 3 is 2.72 bits per heavy atom. The average molecular weight is 334 g/mol. The quantitative estimate of drug-likeness (QED) is 0.585. The van der Waals surface area contributed by atoms with Crippen molar-refractivity contribution in [3.05, 3.63) is 72.2 Å². The van der Waals surface area contributed by atoms with Crippen LogP contribution < -0.4 is 4.74 Å². The normalized spacial score (nSPS) is 10.9. The van der Waals surface area contributed by atoms with Crippen LogP contribution in [-0.4, -0.2) is 31.1 Å². The Morgan fingerprint density at radius 1 is 1.16 bits per heavy atom. The molecule has 0 saturated heterocycles. The van der Waals surface area contributed by atoms with Gasteiger partial charge in [-0.1, -0.05) is 18.2 Å². The third kappa shape index (κ3) is 2.83. The fourth-order valence-electron chi connectivity index (χ4n) is 2.64. The van der Waals surface area contributed by atoms with Crippen LogP contribution in [-0.2, 0) is 6.61 Å². The minimum atomic E-state index is -1.09. The first-order valence-corrected chi connectivity index (χ1v) is 7.64. The number of rotatable bonds is 5. The van der Waals surface area contributed by atoms with Crippen LogP contribution in [0.15, 0.2) is 60.9 Å². The summed E-state index contributed by atoms with van der Waals surface area (Å²) in [4.78, 5) is 11.3. The van der Waals surface area contributed by atoms with E-state index in [0.29, 0.717) is 23.3 Å². The van der Waals surface area contributed by atoms with Crippen LogP contribution in [0.5, 0.6) is 5.75 Å². The third-order valence-electron chi connectivity index (χ3n) is 3.85. The van der Waals surface area contributed by atoms with Crippen molar-refractivity contribution in [2.24, 2.45) is 0 Å². The second-order valence-electron chi connectivity index (χ2n) is 5.46. The summed E-state index contributed by atoms with van der Waals surface area (Å²) in [7, 11) is 0. The lowest BCUT2D eigenvalue weighted by atomic mass is 10.2. The van der Waals surface area contributed by atoms with Crippen LogP contribution in [0, 0.1) is 0 Å². The van der Waals surface area contributed by atoms with Gasteiger partial charge in [0, 0.05) is 12.4 Å². The van der Waals surface area contributed by atoms with E-state index in [1.807, 2.05) is 36.5 Å². The Morgan fingerprint density at radius 2 is 2.00 bits per heavy atom. The molecule has 0 radical (unpaired) electrons. The number of carboxylic acid groups (broad SMARTS) is 1. The number of nitrogens with one attached hydrogen (secondary N) is 1. The minimum absolute atomic E-state index is 0.0420. The van der Waals surface area contributed by atoms with E-state index >= 15 is 0 Å². The minimum Gasteiger partial charge on any atom is -0.488 e. The van der Waals surface area contributed by atoms with Gasteiger partial charge in [-0.3, -0.25) is 5.10 Å². The molecular weight excluding hydrogens is 320 g/mol. The molecule has 0 aliphatic rings. The zero-order valence-corrected chi connectivity index (χ0v) is 13.1. The molecule has 0 atom stereocenters. The maximum Gasteiger partial charge on any atom is 0.357 e. The molecule has 7 heteroatoms. The van der Waals surface area contributed by atoms with E-state index in [4.69, 9.17) is 4.74 Å². The SMILES string of the molecule is O=C(O)c1n[nH]c2cccc(OCc3ccc(-n4cccn4)cc3)c12. The first-order valence-electron chi connectivity index (χ1n) is 7.64. The molecule has 0 aliphatic carbocycles. The van der Waals surface area contributed by atoms with Gasteiger partial charge in [0.15, 0.2) is 5.69 Å². The molecular formula is C18H14N4O3. The molecule has 4 aromatic rings. The zero-order valence-electron chi connectivity index (χ0n) is 13.1. The van der Waals surface area contributed by atoms with Crippen LogP contribution in [0.4, 0.5) is 0 Å². The van der Waals surface area contributed by atoms with Crippen LogP contribution in [0.1, 0.15) is 16.1 Å². The Balaban J connectivity index is 1.56. The fraction of sp³-hybridized carbons (Fsp3) is 0.0556. The molecule has 2 aromatic heterocycles. The highest BCUT2D eigenvalue weighted by Crippen LogP contribution is 2.28. The monoisotopic (exact) mass is 334 g/mol.